The molecule has 1 atom stereocenters. The predicted octanol–water partition coefficient (Wildman–Crippen LogP) is 2.78. The maximum absolute atomic E-state index is 13.5. The van der Waals surface area contributed by atoms with E-state index < -0.39 is 0 Å². The summed E-state index contributed by atoms with van der Waals surface area (Å²) in [6.07, 6.45) is 2.78. The van der Waals surface area contributed by atoms with Crippen molar-refractivity contribution >= 4 is 12.4 Å². The van der Waals surface area contributed by atoms with Crippen LogP contribution in [0.5, 0.6) is 5.75 Å². The Bertz CT molecular complexity index is 436. The standard InChI is InChI=1S/C15H21FN2O.ClH/c1-3-4-14(18-9-7-17-8-10-18)12-5-6-13(16)15(11-12)19-2;/h3,5-6,11,14,17H,1,4,7-10H2,2H3;1H/t14-;/m1./s1. The lowest BCUT2D eigenvalue weighted by Gasteiger charge is -2.35. The van der Waals surface area contributed by atoms with E-state index in [1.807, 2.05) is 12.1 Å². The van der Waals surface area contributed by atoms with Gasteiger partial charge in [-0.25, -0.2) is 4.39 Å². The molecule has 1 aliphatic rings. The Morgan fingerprint density at radius 2 is 2.15 bits per heavy atom. The summed E-state index contributed by atoms with van der Waals surface area (Å²) < 4.78 is 18.6. The molecule has 0 aromatic heterocycles. The van der Waals surface area contributed by atoms with E-state index in [-0.39, 0.29) is 24.3 Å². The first kappa shape index (κ1) is 17.0. The smallest absolute Gasteiger partial charge is 0.165 e. The fourth-order valence-corrected chi connectivity index (χ4v) is 2.53. The summed E-state index contributed by atoms with van der Waals surface area (Å²) in [5, 5.41) is 3.34. The summed E-state index contributed by atoms with van der Waals surface area (Å²) in [5.74, 6) is -0.00869. The van der Waals surface area contributed by atoms with E-state index in [4.69, 9.17) is 4.74 Å². The topological polar surface area (TPSA) is 24.5 Å². The lowest BCUT2D eigenvalue weighted by molar-refractivity contribution is 0.174. The second-order valence-electron chi connectivity index (χ2n) is 4.72. The molecule has 1 N–H and O–H groups in total. The molecular formula is C15H22ClFN2O. The molecule has 1 aromatic carbocycles. The molecule has 3 nitrogen and oxygen atoms in total. The van der Waals surface area contributed by atoms with Crippen molar-refractivity contribution in [3.8, 4) is 5.75 Å². The van der Waals surface area contributed by atoms with Crippen LogP contribution in [0.15, 0.2) is 30.9 Å². The van der Waals surface area contributed by atoms with Gasteiger partial charge in [-0.2, -0.15) is 0 Å². The highest BCUT2D eigenvalue weighted by molar-refractivity contribution is 5.85. The molecule has 0 radical (unpaired) electrons. The molecule has 1 fully saturated rings. The fraction of sp³-hybridized carbons (Fsp3) is 0.467. The Balaban J connectivity index is 0.00000200. The van der Waals surface area contributed by atoms with Crippen LogP contribution in [0.3, 0.4) is 0 Å². The Hall–Kier alpha value is -1.10. The van der Waals surface area contributed by atoms with Crippen molar-refractivity contribution in [1.82, 2.24) is 10.2 Å². The second-order valence-corrected chi connectivity index (χ2v) is 4.72. The first-order valence-corrected chi connectivity index (χ1v) is 6.65. The maximum atomic E-state index is 13.5. The summed E-state index contributed by atoms with van der Waals surface area (Å²) in [6.45, 7) is 7.81. The third-order valence-electron chi connectivity index (χ3n) is 3.54. The predicted molar refractivity (Wildman–Crippen MR) is 82.2 cm³/mol. The van der Waals surface area contributed by atoms with Crippen LogP contribution in [0, 0.1) is 5.82 Å². The minimum Gasteiger partial charge on any atom is -0.494 e. The fourth-order valence-electron chi connectivity index (χ4n) is 2.53. The summed E-state index contributed by atoms with van der Waals surface area (Å²) in [5.41, 5.74) is 1.08. The van der Waals surface area contributed by atoms with Gasteiger partial charge in [0.05, 0.1) is 7.11 Å². The number of halogens is 2. The van der Waals surface area contributed by atoms with Crippen LogP contribution in [0.1, 0.15) is 18.0 Å². The van der Waals surface area contributed by atoms with Gasteiger partial charge in [0.2, 0.25) is 0 Å². The number of benzene rings is 1. The first-order valence-electron chi connectivity index (χ1n) is 6.65. The van der Waals surface area contributed by atoms with E-state index >= 15 is 0 Å². The highest BCUT2D eigenvalue weighted by Gasteiger charge is 2.22. The highest BCUT2D eigenvalue weighted by atomic mass is 35.5. The van der Waals surface area contributed by atoms with Gasteiger partial charge in [0.25, 0.3) is 0 Å². The second kappa shape index (κ2) is 8.25. The van der Waals surface area contributed by atoms with Crippen molar-refractivity contribution in [2.75, 3.05) is 33.3 Å². The quantitative estimate of drug-likeness (QED) is 0.846. The largest absolute Gasteiger partial charge is 0.494 e. The van der Waals surface area contributed by atoms with Crippen molar-refractivity contribution in [2.45, 2.75) is 12.5 Å². The number of hydrogen-bond acceptors (Lipinski definition) is 3. The van der Waals surface area contributed by atoms with E-state index in [2.05, 4.69) is 16.8 Å². The molecule has 1 saturated heterocycles. The number of hydrogen-bond donors (Lipinski definition) is 1. The number of piperazine rings is 1. The molecule has 112 valence electrons. The van der Waals surface area contributed by atoms with Crippen LogP contribution in [0.2, 0.25) is 0 Å². The van der Waals surface area contributed by atoms with Gasteiger partial charge in [0.1, 0.15) is 0 Å². The molecular weight excluding hydrogens is 279 g/mol. The lowest BCUT2D eigenvalue weighted by atomic mass is 10.0. The summed E-state index contributed by atoms with van der Waals surface area (Å²) >= 11 is 0. The number of nitrogens with one attached hydrogen (secondary N) is 1. The Morgan fingerprint density at radius 1 is 1.45 bits per heavy atom. The van der Waals surface area contributed by atoms with Gasteiger partial charge in [0.15, 0.2) is 11.6 Å². The van der Waals surface area contributed by atoms with Crippen LogP contribution in [-0.2, 0) is 0 Å². The minimum absolute atomic E-state index is 0. The van der Waals surface area contributed by atoms with Gasteiger partial charge in [-0.15, -0.1) is 19.0 Å². The zero-order valence-electron chi connectivity index (χ0n) is 11.8. The lowest BCUT2D eigenvalue weighted by Crippen LogP contribution is -2.45. The molecule has 0 amide bonds. The molecule has 1 aliphatic heterocycles. The molecule has 0 bridgehead atoms. The Labute approximate surface area is 126 Å². The maximum Gasteiger partial charge on any atom is 0.165 e. The highest BCUT2D eigenvalue weighted by Crippen LogP contribution is 2.29. The van der Waals surface area contributed by atoms with Gasteiger partial charge in [0, 0.05) is 32.2 Å². The van der Waals surface area contributed by atoms with Crippen LogP contribution in [0.25, 0.3) is 0 Å². The Morgan fingerprint density at radius 3 is 2.75 bits per heavy atom. The van der Waals surface area contributed by atoms with E-state index in [1.54, 1.807) is 6.07 Å². The van der Waals surface area contributed by atoms with Gasteiger partial charge in [-0.05, 0) is 24.1 Å². The summed E-state index contributed by atoms with van der Waals surface area (Å²) in [7, 11) is 1.50. The number of rotatable bonds is 5. The minimum atomic E-state index is -0.316. The van der Waals surface area contributed by atoms with E-state index in [9.17, 15) is 4.39 Å². The van der Waals surface area contributed by atoms with Crippen LogP contribution in [-0.4, -0.2) is 38.2 Å². The van der Waals surface area contributed by atoms with Gasteiger partial charge < -0.3 is 10.1 Å². The third kappa shape index (κ3) is 3.95. The molecule has 0 aliphatic carbocycles. The van der Waals surface area contributed by atoms with E-state index in [0.717, 1.165) is 38.2 Å². The summed E-state index contributed by atoms with van der Waals surface area (Å²) in [6, 6.07) is 5.36. The molecule has 0 saturated carbocycles. The molecule has 2 rings (SSSR count). The zero-order chi connectivity index (χ0) is 13.7. The molecule has 0 spiro atoms. The monoisotopic (exact) mass is 300 g/mol. The van der Waals surface area contributed by atoms with Crippen molar-refractivity contribution in [3.05, 3.63) is 42.2 Å². The molecule has 20 heavy (non-hydrogen) atoms. The molecule has 1 heterocycles. The molecule has 5 heteroatoms. The average Bonchev–Trinajstić information content (AvgIpc) is 2.46. The van der Waals surface area contributed by atoms with Crippen molar-refractivity contribution in [2.24, 2.45) is 0 Å². The zero-order valence-corrected chi connectivity index (χ0v) is 12.6. The molecule has 0 unspecified atom stereocenters. The van der Waals surface area contributed by atoms with E-state index in [1.165, 1.54) is 13.2 Å². The number of methoxy groups -OCH3 is 1. The van der Waals surface area contributed by atoms with Crippen LogP contribution < -0.4 is 10.1 Å². The van der Waals surface area contributed by atoms with Gasteiger partial charge in [-0.3, -0.25) is 4.90 Å². The summed E-state index contributed by atoms with van der Waals surface area (Å²) in [4.78, 5) is 2.41. The Kier molecular flexibility index (Phi) is 6.99. The SMILES string of the molecule is C=CC[C@H](c1ccc(F)c(OC)c1)N1CCNCC1.Cl. The van der Waals surface area contributed by atoms with Gasteiger partial charge >= 0.3 is 0 Å². The van der Waals surface area contributed by atoms with Crippen molar-refractivity contribution in [3.63, 3.8) is 0 Å². The number of ether oxygens (including phenoxy) is 1. The number of nitrogens with zero attached hydrogens (tertiary/aromatic N) is 1. The average molecular weight is 301 g/mol. The van der Waals surface area contributed by atoms with Crippen LogP contribution in [0.4, 0.5) is 4.39 Å². The van der Waals surface area contributed by atoms with Crippen LogP contribution >= 0.6 is 12.4 Å². The van der Waals surface area contributed by atoms with E-state index in [0.29, 0.717) is 5.75 Å². The third-order valence-corrected chi connectivity index (χ3v) is 3.54. The van der Waals surface area contributed by atoms with Crippen molar-refractivity contribution in [1.29, 1.82) is 0 Å². The van der Waals surface area contributed by atoms with Gasteiger partial charge in [-0.1, -0.05) is 12.1 Å². The normalized spacial score (nSPS) is 17.1. The van der Waals surface area contributed by atoms with Crippen molar-refractivity contribution < 1.29 is 9.13 Å². The first-order chi connectivity index (χ1) is 9.26. The molecule has 1 aromatic rings.